The molecular formula is C14H20N4. The van der Waals surface area contributed by atoms with Gasteiger partial charge in [0.25, 0.3) is 0 Å². The second kappa shape index (κ2) is 4.61. The molecule has 2 aromatic rings. The fourth-order valence-electron chi connectivity index (χ4n) is 2.90. The van der Waals surface area contributed by atoms with E-state index in [9.17, 15) is 0 Å². The smallest absolute Gasteiger partial charge is 0.0539 e. The van der Waals surface area contributed by atoms with Gasteiger partial charge in [0.2, 0.25) is 0 Å². The van der Waals surface area contributed by atoms with Gasteiger partial charge in [-0.2, -0.15) is 5.10 Å². The van der Waals surface area contributed by atoms with Crippen LogP contribution in [0.5, 0.6) is 0 Å². The van der Waals surface area contributed by atoms with E-state index in [0.717, 1.165) is 6.54 Å². The normalized spacial score (nSPS) is 18.9. The van der Waals surface area contributed by atoms with Gasteiger partial charge in [-0.05, 0) is 37.4 Å². The Morgan fingerprint density at radius 2 is 2.28 bits per heavy atom. The zero-order valence-electron chi connectivity index (χ0n) is 11.1. The van der Waals surface area contributed by atoms with E-state index in [4.69, 9.17) is 0 Å². The van der Waals surface area contributed by atoms with Crippen molar-refractivity contribution < 1.29 is 0 Å². The van der Waals surface area contributed by atoms with Gasteiger partial charge in [-0.1, -0.05) is 0 Å². The van der Waals surface area contributed by atoms with E-state index in [1.165, 1.54) is 36.0 Å². The number of nitrogens with zero attached hydrogens (tertiary/aromatic N) is 3. The number of nitrogens with one attached hydrogen (secondary N) is 1. The first kappa shape index (κ1) is 11.5. The molecule has 0 aromatic carbocycles. The van der Waals surface area contributed by atoms with Crippen molar-refractivity contribution in [1.29, 1.82) is 0 Å². The zero-order valence-corrected chi connectivity index (χ0v) is 11.1. The molecule has 1 aliphatic carbocycles. The Hall–Kier alpha value is -1.55. The van der Waals surface area contributed by atoms with Crippen molar-refractivity contribution in [2.45, 2.75) is 31.8 Å². The maximum absolute atomic E-state index is 4.22. The molecular weight excluding hydrogens is 224 g/mol. The van der Waals surface area contributed by atoms with Gasteiger partial charge in [0.1, 0.15) is 0 Å². The first-order chi connectivity index (χ1) is 8.76. The molecule has 96 valence electrons. The van der Waals surface area contributed by atoms with Gasteiger partial charge in [-0.25, -0.2) is 0 Å². The SMILES string of the molecule is CNC1CCCc2cn(Cc3cnn(C)c3)cc21. The minimum atomic E-state index is 0.531. The highest BCUT2D eigenvalue weighted by Crippen LogP contribution is 2.30. The second-order valence-corrected chi connectivity index (χ2v) is 5.17. The van der Waals surface area contributed by atoms with E-state index >= 15 is 0 Å². The molecule has 1 aliphatic rings. The van der Waals surface area contributed by atoms with Crippen molar-refractivity contribution in [1.82, 2.24) is 19.7 Å². The Kier molecular flexibility index (Phi) is 2.96. The summed E-state index contributed by atoms with van der Waals surface area (Å²) in [6.07, 6.45) is 12.4. The van der Waals surface area contributed by atoms with Crippen LogP contribution in [0, 0.1) is 0 Å². The van der Waals surface area contributed by atoms with Crippen LogP contribution >= 0.6 is 0 Å². The van der Waals surface area contributed by atoms with Crippen molar-refractivity contribution in [2.24, 2.45) is 7.05 Å². The van der Waals surface area contributed by atoms with Gasteiger partial charge in [-0.3, -0.25) is 4.68 Å². The molecule has 0 saturated carbocycles. The lowest BCUT2D eigenvalue weighted by atomic mass is 9.91. The second-order valence-electron chi connectivity index (χ2n) is 5.17. The van der Waals surface area contributed by atoms with Crippen LogP contribution in [0.2, 0.25) is 0 Å². The number of hydrogen-bond acceptors (Lipinski definition) is 2. The molecule has 0 bridgehead atoms. The van der Waals surface area contributed by atoms with Gasteiger partial charge in [0, 0.05) is 37.2 Å². The number of aromatic nitrogens is 3. The molecule has 1 unspecified atom stereocenters. The zero-order chi connectivity index (χ0) is 12.5. The number of aryl methyl sites for hydroxylation is 2. The Bertz CT molecular complexity index is 538. The van der Waals surface area contributed by atoms with Gasteiger partial charge in [0.05, 0.1) is 12.7 Å². The Morgan fingerprint density at radius 3 is 3.00 bits per heavy atom. The first-order valence-corrected chi connectivity index (χ1v) is 6.59. The summed E-state index contributed by atoms with van der Waals surface area (Å²) in [5.41, 5.74) is 4.24. The minimum Gasteiger partial charge on any atom is -0.349 e. The predicted octanol–water partition coefficient (Wildman–Crippen LogP) is 1.87. The van der Waals surface area contributed by atoms with Crippen molar-refractivity contribution in [3.8, 4) is 0 Å². The Balaban J connectivity index is 1.84. The highest BCUT2D eigenvalue weighted by atomic mass is 15.2. The molecule has 18 heavy (non-hydrogen) atoms. The predicted molar refractivity (Wildman–Crippen MR) is 71.5 cm³/mol. The van der Waals surface area contributed by atoms with Gasteiger partial charge in [0.15, 0.2) is 0 Å². The summed E-state index contributed by atoms with van der Waals surface area (Å²) in [4.78, 5) is 0. The third-order valence-corrected chi connectivity index (χ3v) is 3.78. The molecule has 1 N–H and O–H groups in total. The summed E-state index contributed by atoms with van der Waals surface area (Å²) in [6.45, 7) is 0.914. The fourth-order valence-corrected chi connectivity index (χ4v) is 2.90. The Morgan fingerprint density at radius 1 is 1.39 bits per heavy atom. The van der Waals surface area contributed by atoms with E-state index in [0.29, 0.717) is 6.04 Å². The lowest BCUT2D eigenvalue weighted by Gasteiger charge is -2.21. The number of rotatable bonds is 3. The van der Waals surface area contributed by atoms with E-state index in [1.54, 1.807) is 0 Å². The van der Waals surface area contributed by atoms with Crippen LogP contribution in [0.3, 0.4) is 0 Å². The van der Waals surface area contributed by atoms with Crippen molar-refractivity contribution in [3.63, 3.8) is 0 Å². The van der Waals surface area contributed by atoms with E-state index in [-0.39, 0.29) is 0 Å². The van der Waals surface area contributed by atoms with E-state index in [2.05, 4.69) is 40.6 Å². The molecule has 0 fully saturated rings. The van der Waals surface area contributed by atoms with Crippen LogP contribution in [0.15, 0.2) is 24.8 Å². The molecule has 0 spiro atoms. The maximum atomic E-state index is 4.22. The van der Waals surface area contributed by atoms with Crippen LogP contribution in [0.25, 0.3) is 0 Å². The third kappa shape index (κ3) is 2.08. The maximum Gasteiger partial charge on any atom is 0.0539 e. The standard InChI is InChI=1S/C14H20N4/c1-15-14-5-3-4-12-9-18(10-13(12)14)8-11-6-16-17(2)7-11/h6-7,9-10,14-15H,3-5,8H2,1-2H3. The summed E-state index contributed by atoms with van der Waals surface area (Å²) in [7, 11) is 4.01. The molecule has 4 nitrogen and oxygen atoms in total. The topological polar surface area (TPSA) is 34.8 Å². The van der Waals surface area contributed by atoms with Gasteiger partial charge in [-0.15, -0.1) is 0 Å². The van der Waals surface area contributed by atoms with Crippen LogP contribution < -0.4 is 5.32 Å². The average Bonchev–Trinajstić information content (AvgIpc) is 2.94. The molecule has 1 atom stereocenters. The Labute approximate surface area is 108 Å². The molecule has 0 saturated heterocycles. The fraction of sp³-hybridized carbons (Fsp3) is 0.500. The van der Waals surface area contributed by atoms with Crippen molar-refractivity contribution >= 4 is 0 Å². The highest BCUT2D eigenvalue weighted by molar-refractivity contribution is 5.30. The summed E-state index contributed by atoms with van der Waals surface area (Å²) < 4.78 is 4.15. The molecule has 0 aliphatic heterocycles. The summed E-state index contributed by atoms with van der Waals surface area (Å²) in [6, 6.07) is 0.531. The lowest BCUT2D eigenvalue weighted by molar-refractivity contribution is 0.498. The largest absolute Gasteiger partial charge is 0.349 e. The van der Waals surface area contributed by atoms with Crippen molar-refractivity contribution in [3.05, 3.63) is 41.5 Å². The summed E-state index contributed by atoms with van der Waals surface area (Å²) in [5, 5.41) is 7.63. The first-order valence-electron chi connectivity index (χ1n) is 6.59. The molecule has 3 rings (SSSR count). The summed E-state index contributed by atoms with van der Waals surface area (Å²) in [5.74, 6) is 0. The van der Waals surface area contributed by atoms with Crippen LogP contribution in [-0.4, -0.2) is 21.4 Å². The summed E-state index contributed by atoms with van der Waals surface area (Å²) >= 11 is 0. The third-order valence-electron chi connectivity index (χ3n) is 3.78. The van der Waals surface area contributed by atoms with E-state index < -0.39 is 0 Å². The minimum absolute atomic E-state index is 0.531. The quantitative estimate of drug-likeness (QED) is 0.894. The molecule has 0 amide bonds. The van der Waals surface area contributed by atoms with Crippen LogP contribution in [0.1, 0.15) is 35.6 Å². The van der Waals surface area contributed by atoms with E-state index in [1.807, 2.05) is 17.9 Å². The molecule has 2 aromatic heterocycles. The van der Waals surface area contributed by atoms with Crippen LogP contribution in [0.4, 0.5) is 0 Å². The molecule has 2 heterocycles. The molecule has 4 heteroatoms. The van der Waals surface area contributed by atoms with Gasteiger partial charge >= 0.3 is 0 Å². The average molecular weight is 244 g/mol. The number of hydrogen-bond donors (Lipinski definition) is 1. The molecule has 0 radical (unpaired) electrons. The highest BCUT2D eigenvalue weighted by Gasteiger charge is 2.20. The number of fused-ring (bicyclic) bond motifs is 1. The lowest BCUT2D eigenvalue weighted by Crippen LogP contribution is -2.20. The van der Waals surface area contributed by atoms with Crippen LogP contribution in [-0.2, 0) is 20.0 Å². The van der Waals surface area contributed by atoms with Crippen molar-refractivity contribution in [2.75, 3.05) is 7.05 Å². The van der Waals surface area contributed by atoms with Gasteiger partial charge < -0.3 is 9.88 Å². The monoisotopic (exact) mass is 244 g/mol.